The van der Waals surface area contributed by atoms with Crippen LogP contribution in [0.3, 0.4) is 0 Å². The molecule has 1 radical (unpaired) electrons. The van der Waals surface area contributed by atoms with Crippen molar-refractivity contribution in [3.05, 3.63) is 36.2 Å². The molecule has 75 valence electrons. The number of rotatable bonds is 2. The monoisotopic (exact) mass is 205 g/mol. The van der Waals surface area contributed by atoms with Crippen molar-refractivity contribution in [2.45, 2.75) is 42.8 Å². The van der Waals surface area contributed by atoms with Crippen LogP contribution in [0.2, 0.25) is 0 Å². The Labute approximate surface area is 91.1 Å². The van der Waals surface area contributed by atoms with E-state index >= 15 is 0 Å². The van der Waals surface area contributed by atoms with Crippen LogP contribution in [0.5, 0.6) is 0 Å². The first-order valence-corrected chi connectivity index (χ1v) is 6.22. The van der Waals surface area contributed by atoms with Crippen LogP contribution in [-0.4, -0.2) is 4.75 Å². The van der Waals surface area contributed by atoms with Crippen molar-refractivity contribution in [1.29, 1.82) is 0 Å². The van der Waals surface area contributed by atoms with Crippen molar-refractivity contribution in [2.24, 2.45) is 0 Å². The van der Waals surface area contributed by atoms with E-state index in [4.69, 9.17) is 0 Å². The van der Waals surface area contributed by atoms with Crippen molar-refractivity contribution < 1.29 is 0 Å². The Morgan fingerprint density at radius 1 is 1.21 bits per heavy atom. The minimum Gasteiger partial charge on any atom is -0.119 e. The zero-order valence-electron chi connectivity index (χ0n) is 8.92. The molecule has 1 heteroatoms. The molecule has 1 aromatic rings. The highest BCUT2D eigenvalue weighted by Gasteiger charge is 2.31. The molecule has 0 atom stereocenters. The van der Waals surface area contributed by atoms with Gasteiger partial charge in [0.1, 0.15) is 0 Å². The second-order valence-electron chi connectivity index (χ2n) is 3.94. The highest BCUT2D eigenvalue weighted by atomic mass is 32.2. The van der Waals surface area contributed by atoms with E-state index in [-0.39, 0.29) is 0 Å². The standard InChI is InChI=1S/C13H17S/c1-3-13(4-2)10-9-11-7-5-6-8-12(11)14-13/h5-9H,3-4,10H2,1-2H3. The van der Waals surface area contributed by atoms with E-state index in [2.05, 4.69) is 56.3 Å². The molecule has 0 saturated carbocycles. The molecule has 0 fully saturated rings. The lowest BCUT2D eigenvalue weighted by Gasteiger charge is -2.35. The van der Waals surface area contributed by atoms with E-state index in [1.165, 1.54) is 29.7 Å². The third-order valence-electron chi connectivity index (χ3n) is 3.23. The summed E-state index contributed by atoms with van der Waals surface area (Å²) in [6.07, 6.45) is 6.15. The first-order valence-electron chi connectivity index (χ1n) is 5.41. The lowest BCUT2D eigenvalue weighted by Crippen LogP contribution is -2.25. The Hall–Kier alpha value is -0.430. The highest BCUT2D eigenvalue weighted by molar-refractivity contribution is 8.00. The largest absolute Gasteiger partial charge is 0.119 e. The molecule has 1 aliphatic heterocycles. The average molecular weight is 205 g/mol. The van der Waals surface area contributed by atoms with E-state index in [1.54, 1.807) is 0 Å². The number of hydrogen-bond acceptors (Lipinski definition) is 1. The van der Waals surface area contributed by atoms with Crippen LogP contribution in [0.25, 0.3) is 0 Å². The summed E-state index contributed by atoms with van der Waals surface area (Å²) in [7, 11) is 0. The Kier molecular flexibility index (Phi) is 2.87. The van der Waals surface area contributed by atoms with Crippen molar-refractivity contribution in [1.82, 2.24) is 0 Å². The summed E-state index contributed by atoms with van der Waals surface area (Å²) in [5.74, 6) is 0. The van der Waals surface area contributed by atoms with Crippen molar-refractivity contribution in [3.8, 4) is 0 Å². The fourth-order valence-electron chi connectivity index (χ4n) is 2.00. The van der Waals surface area contributed by atoms with Crippen molar-refractivity contribution in [2.75, 3.05) is 0 Å². The number of thioether (sulfide) groups is 1. The van der Waals surface area contributed by atoms with Crippen LogP contribution >= 0.6 is 11.8 Å². The summed E-state index contributed by atoms with van der Waals surface area (Å²) in [5.41, 5.74) is 1.43. The van der Waals surface area contributed by atoms with Gasteiger partial charge in [-0.3, -0.25) is 0 Å². The van der Waals surface area contributed by atoms with E-state index < -0.39 is 0 Å². The maximum Gasteiger partial charge on any atom is 0.0208 e. The van der Waals surface area contributed by atoms with Gasteiger partial charge in [-0.25, -0.2) is 0 Å². The maximum absolute atomic E-state index is 2.40. The zero-order valence-corrected chi connectivity index (χ0v) is 9.73. The molecule has 0 saturated heterocycles. The number of benzene rings is 1. The van der Waals surface area contributed by atoms with Crippen molar-refractivity contribution >= 4 is 11.8 Å². The first-order chi connectivity index (χ1) is 6.79. The topological polar surface area (TPSA) is 0 Å². The molecule has 0 nitrogen and oxygen atoms in total. The normalized spacial score (nSPS) is 19.0. The molecule has 0 spiro atoms. The van der Waals surface area contributed by atoms with Gasteiger partial charge < -0.3 is 0 Å². The lowest BCUT2D eigenvalue weighted by atomic mass is 9.93. The second-order valence-corrected chi connectivity index (χ2v) is 5.45. The molecule has 0 bridgehead atoms. The lowest BCUT2D eigenvalue weighted by molar-refractivity contribution is 0.536. The van der Waals surface area contributed by atoms with Gasteiger partial charge in [-0.15, -0.1) is 11.8 Å². The molecule has 1 aliphatic rings. The summed E-state index contributed by atoms with van der Waals surface area (Å²) < 4.78 is 0.467. The molecular weight excluding hydrogens is 188 g/mol. The van der Waals surface area contributed by atoms with E-state index in [0.717, 1.165) is 0 Å². The summed E-state index contributed by atoms with van der Waals surface area (Å²) in [6, 6.07) is 8.73. The maximum atomic E-state index is 2.40. The molecule has 0 unspecified atom stereocenters. The fraction of sp³-hybridized carbons (Fsp3) is 0.462. The van der Waals surface area contributed by atoms with Gasteiger partial charge in [0.15, 0.2) is 0 Å². The predicted octanol–water partition coefficient (Wildman–Crippen LogP) is 4.29. The summed E-state index contributed by atoms with van der Waals surface area (Å²) in [5, 5.41) is 0. The summed E-state index contributed by atoms with van der Waals surface area (Å²) in [4.78, 5) is 1.46. The summed E-state index contributed by atoms with van der Waals surface area (Å²) >= 11 is 2.07. The molecule has 1 heterocycles. The van der Waals surface area contributed by atoms with Gasteiger partial charge in [0.05, 0.1) is 0 Å². The van der Waals surface area contributed by atoms with Gasteiger partial charge in [-0.1, -0.05) is 32.0 Å². The first kappa shape index (κ1) is 10.1. The third kappa shape index (κ3) is 1.70. The third-order valence-corrected chi connectivity index (χ3v) is 5.00. The molecule has 1 aromatic carbocycles. The zero-order chi connectivity index (χ0) is 10.0. The predicted molar refractivity (Wildman–Crippen MR) is 63.6 cm³/mol. The Morgan fingerprint density at radius 3 is 2.64 bits per heavy atom. The summed E-state index contributed by atoms with van der Waals surface area (Å²) in [6.45, 7) is 4.61. The Balaban J connectivity index is 2.28. The van der Waals surface area contributed by atoms with Crippen LogP contribution in [0.15, 0.2) is 29.2 Å². The minimum absolute atomic E-state index is 0.467. The van der Waals surface area contributed by atoms with Gasteiger partial charge in [-0.2, -0.15) is 0 Å². The fourth-order valence-corrected chi connectivity index (χ4v) is 3.33. The molecule has 0 amide bonds. The van der Waals surface area contributed by atoms with Crippen LogP contribution in [0, 0.1) is 6.42 Å². The molecule has 0 N–H and O–H groups in total. The van der Waals surface area contributed by atoms with Gasteiger partial charge in [0.25, 0.3) is 0 Å². The SMILES string of the molecule is CCC1(CC)C[CH]c2ccccc2S1. The van der Waals surface area contributed by atoms with Gasteiger partial charge in [0, 0.05) is 9.64 Å². The quantitative estimate of drug-likeness (QED) is 0.694. The Bertz CT molecular complexity index is 313. The van der Waals surface area contributed by atoms with Gasteiger partial charge >= 0.3 is 0 Å². The highest BCUT2D eigenvalue weighted by Crippen LogP contribution is 2.47. The average Bonchev–Trinajstić information content (AvgIpc) is 2.28. The smallest absolute Gasteiger partial charge is 0.0208 e. The number of hydrogen-bond donors (Lipinski definition) is 0. The van der Waals surface area contributed by atoms with E-state index in [1.807, 2.05) is 0 Å². The van der Waals surface area contributed by atoms with E-state index in [9.17, 15) is 0 Å². The van der Waals surface area contributed by atoms with Crippen LogP contribution in [0.4, 0.5) is 0 Å². The molecule has 2 rings (SSSR count). The van der Waals surface area contributed by atoms with Gasteiger partial charge in [0.2, 0.25) is 0 Å². The Morgan fingerprint density at radius 2 is 1.93 bits per heavy atom. The molecular formula is C13H17S. The number of fused-ring (bicyclic) bond motifs is 1. The van der Waals surface area contributed by atoms with Gasteiger partial charge in [-0.05, 0) is 37.3 Å². The molecule has 0 aliphatic carbocycles. The van der Waals surface area contributed by atoms with Crippen LogP contribution in [0.1, 0.15) is 38.7 Å². The van der Waals surface area contributed by atoms with E-state index in [0.29, 0.717) is 4.75 Å². The second kappa shape index (κ2) is 3.98. The molecule has 0 aromatic heterocycles. The van der Waals surface area contributed by atoms with Crippen LogP contribution in [-0.2, 0) is 0 Å². The van der Waals surface area contributed by atoms with Crippen LogP contribution < -0.4 is 0 Å². The molecule has 14 heavy (non-hydrogen) atoms. The minimum atomic E-state index is 0.467. The van der Waals surface area contributed by atoms with Crippen molar-refractivity contribution in [3.63, 3.8) is 0 Å².